The molecule has 0 aliphatic carbocycles. The van der Waals surface area contributed by atoms with Gasteiger partial charge in [-0.05, 0) is 31.9 Å². The summed E-state index contributed by atoms with van der Waals surface area (Å²) < 4.78 is 41.1. The molecule has 2 aliphatic rings. The van der Waals surface area contributed by atoms with Crippen LogP contribution < -0.4 is 5.56 Å². The Hall–Kier alpha value is -3.15. The monoisotopic (exact) mass is 463 g/mol. The van der Waals surface area contributed by atoms with Gasteiger partial charge in [0, 0.05) is 37.9 Å². The second-order valence-electron chi connectivity index (χ2n) is 8.72. The number of carbonyl (C=O) groups excluding carboxylic acids is 1. The van der Waals surface area contributed by atoms with Crippen LogP contribution in [0.3, 0.4) is 0 Å². The fraction of sp³-hybridized carbons (Fsp3) is 0.524. The van der Waals surface area contributed by atoms with Crippen LogP contribution in [-0.4, -0.2) is 78.0 Å². The van der Waals surface area contributed by atoms with Crippen LogP contribution in [0.4, 0.5) is 13.2 Å². The molecule has 0 radical (unpaired) electrons. The van der Waals surface area contributed by atoms with Gasteiger partial charge < -0.3 is 4.90 Å². The molecule has 176 valence electrons. The molecule has 0 spiro atoms. The number of hydrogen-bond donors (Lipinski definition) is 1. The zero-order valence-corrected chi connectivity index (χ0v) is 18.0. The molecule has 2 bridgehead atoms. The highest BCUT2D eigenvalue weighted by molar-refractivity contribution is 5.95. The summed E-state index contributed by atoms with van der Waals surface area (Å²) in [5.41, 5.74) is 0.983. The highest BCUT2D eigenvalue weighted by atomic mass is 19.4. The third kappa shape index (κ3) is 4.03. The first kappa shape index (κ1) is 21.7. The normalized spacial score (nSPS) is 21.6. The predicted octanol–water partition coefficient (Wildman–Crippen LogP) is 2.15. The number of amides is 1. The number of fused-ring (bicyclic) bond motifs is 3. The van der Waals surface area contributed by atoms with Crippen molar-refractivity contribution in [2.75, 3.05) is 19.6 Å². The molecule has 2 fully saturated rings. The van der Waals surface area contributed by atoms with E-state index in [4.69, 9.17) is 0 Å². The summed E-state index contributed by atoms with van der Waals surface area (Å²) >= 11 is 0. The first-order valence-corrected chi connectivity index (χ1v) is 11.0. The molecule has 3 aromatic heterocycles. The second kappa shape index (κ2) is 8.01. The smallest absolute Gasteiger partial charge is 0.335 e. The van der Waals surface area contributed by atoms with E-state index in [1.807, 2.05) is 4.90 Å². The van der Waals surface area contributed by atoms with Gasteiger partial charge in [-0.1, -0.05) is 6.42 Å². The Labute approximate surface area is 186 Å². The van der Waals surface area contributed by atoms with Gasteiger partial charge in [0.2, 0.25) is 5.95 Å². The maximum atomic E-state index is 13.3. The number of nitrogens with zero attached hydrogens (tertiary/aromatic N) is 6. The van der Waals surface area contributed by atoms with Crippen LogP contribution >= 0.6 is 0 Å². The van der Waals surface area contributed by atoms with Gasteiger partial charge in [0.15, 0.2) is 0 Å². The maximum absolute atomic E-state index is 13.3. The van der Waals surface area contributed by atoms with E-state index in [1.54, 1.807) is 30.2 Å². The minimum atomic E-state index is -4.19. The molecule has 1 N–H and O–H groups in total. The van der Waals surface area contributed by atoms with Crippen molar-refractivity contribution in [3.05, 3.63) is 46.1 Å². The van der Waals surface area contributed by atoms with Crippen LogP contribution in [0.25, 0.3) is 11.5 Å². The van der Waals surface area contributed by atoms with Gasteiger partial charge in [-0.15, -0.1) is 5.10 Å². The van der Waals surface area contributed by atoms with Crippen molar-refractivity contribution in [1.82, 2.24) is 34.2 Å². The molecule has 1 amide bonds. The summed E-state index contributed by atoms with van der Waals surface area (Å²) in [7, 11) is 0. The van der Waals surface area contributed by atoms with Crippen molar-refractivity contribution in [3.63, 3.8) is 0 Å². The molecule has 33 heavy (non-hydrogen) atoms. The van der Waals surface area contributed by atoms with Crippen molar-refractivity contribution in [1.29, 1.82) is 0 Å². The number of H-pyrrole nitrogens is 1. The highest BCUT2D eigenvalue weighted by Gasteiger charge is 2.41. The van der Waals surface area contributed by atoms with Crippen molar-refractivity contribution in [2.24, 2.45) is 0 Å². The number of rotatable bonds is 4. The Bertz CT molecular complexity index is 1230. The Morgan fingerprint density at radius 3 is 2.67 bits per heavy atom. The summed E-state index contributed by atoms with van der Waals surface area (Å²) in [5.74, 6) is -0.0235. The molecule has 5 heterocycles. The molecular formula is C21H24F3N7O2. The van der Waals surface area contributed by atoms with E-state index >= 15 is 0 Å². The number of aromatic amines is 1. The number of hydrogen-bond acceptors (Lipinski definition) is 5. The van der Waals surface area contributed by atoms with Gasteiger partial charge in [-0.2, -0.15) is 18.3 Å². The molecule has 0 aromatic carbocycles. The van der Waals surface area contributed by atoms with Gasteiger partial charge >= 0.3 is 6.18 Å². The number of halogens is 3. The van der Waals surface area contributed by atoms with Crippen molar-refractivity contribution >= 4 is 11.4 Å². The van der Waals surface area contributed by atoms with Gasteiger partial charge in [-0.3, -0.25) is 19.5 Å². The number of nitrogens with one attached hydrogen (secondary N) is 1. The lowest BCUT2D eigenvalue weighted by atomic mass is 9.90. The number of piperazine rings is 1. The lowest BCUT2D eigenvalue weighted by Crippen LogP contribution is -2.62. The van der Waals surface area contributed by atoms with E-state index < -0.39 is 12.6 Å². The third-order valence-corrected chi connectivity index (χ3v) is 6.65. The number of alkyl halides is 3. The average molecular weight is 463 g/mol. The van der Waals surface area contributed by atoms with Crippen LogP contribution in [0.1, 0.15) is 41.7 Å². The van der Waals surface area contributed by atoms with E-state index in [2.05, 4.69) is 15.2 Å². The molecule has 2 unspecified atom stereocenters. The number of likely N-dealkylation sites (tertiary alicyclic amines) is 1. The van der Waals surface area contributed by atoms with Gasteiger partial charge in [-0.25, -0.2) is 9.20 Å². The number of aromatic nitrogens is 5. The molecule has 0 saturated carbocycles. The van der Waals surface area contributed by atoms with Crippen molar-refractivity contribution in [3.8, 4) is 5.95 Å². The molecule has 9 nitrogen and oxygen atoms in total. The third-order valence-electron chi connectivity index (χ3n) is 6.65. The fourth-order valence-corrected chi connectivity index (χ4v) is 5.01. The van der Waals surface area contributed by atoms with E-state index in [0.717, 1.165) is 19.3 Å². The van der Waals surface area contributed by atoms with E-state index in [1.165, 1.54) is 15.4 Å². The Kier molecular flexibility index (Phi) is 5.26. The first-order valence-electron chi connectivity index (χ1n) is 11.0. The predicted molar refractivity (Wildman–Crippen MR) is 112 cm³/mol. The SMILES string of the molecule is Cc1c(C(=O)N2CC3CCCC(C2)N3CCC(F)(F)F)cnn1-c1nn2cccc2c(=O)[nH]1. The van der Waals surface area contributed by atoms with E-state index in [0.29, 0.717) is 29.9 Å². The quantitative estimate of drug-likeness (QED) is 0.640. The van der Waals surface area contributed by atoms with E-state index in [-0.39, 0.29) is 36.0 Å². The average Bonchev–Trinajstić information content (AvgIpc) is 3.37. The van der Waals surface area contributed by atoms with Gasteiger partial charge in [0.1, 0.15) is 5.52 Å². The fourth-order valence-electron chi connectivity index (χ4n) is 5.01. The minimum absolute atomic E-state index is 0.0290. The zero-order valence-electron chi connectivity index (χ0n) is 18.0. The molecule has 2 saturated heterocycles. The highest BCUT2D eigenvalue weighted by Crippen LogP contribution is 2.31. The van der Waals surface area contributed by atoms with E-state index in [9.17, 15) is 22.8 Å². The van der Waals surface area contributed by atoms with Crippen molar-refractivity contribution < 1.29 is 18.0 Å². The molecule has 3 aromatic rings. The van der Waals surface area contributed by atoms with Crippen LogP contribution in [0, 0.1) is 6.92 Å². The largest absolute Gasteiger partial charge is 0.390 e. The Morgan fingerprint density at radius 1 is 1.24 bits per heavy atom. The first-order chi connectivity index (χ1) is 15.7. The Morgan fingerprint density at radius 2 is 1.97 bits per heavy atom. The van der Waals surface area contributed by atoms with Crippen LogP contribution in [0.5, 0.6) is 0 Å². The Balaban J connectivity index is 1.36. The minimum Gasteiger partial charge on any atom is -0.335 e. The summed E-state index contributed by atoms with van der Waals surface area (Å²) in [6.45, 7) is 2.48. The molecule has 2 aliphatic heterocycles. The lowest BCUT2D eigenvalue weighted by molar-refractivity contribution is -0.144. The van der Waals surface area contributed by atoms with Gasteiger partial charge in [0.25, 0.3) is 11.5 Å². The standard InChI is InChI=1S/C21H24F3N7O2/c1-13-16(10-25-31(13)20-26-18(32)17-6-3-8-30(17)27-20)19(33)28-11-14-4-2-5-15(12-28)29(14)9-7-21(22,23)24/h3,6,8,10,14-15H,2,4-5,7,9,11-12H2,1H3,(H,26,27,32). The van der Waals surface area contributed by atoms with Crippen LogP contribution in [0.15, 0.2) is 29.3 Å². The lowest BCUT2D eigenvalue weighted by Gasteiger charge is -2.50. The van der Waals surface area contributed by atoms with Gasteiger partial charge in [0.05, 0.1) is 23.9 Å². The topological polar surface area (TPSA) is 91.5 Å². The molecular weight excluding hydrogens is 439 g/mol. The van der Waals surface area contributed by atoms with Crippen molar-refractivity contribution in [2.45, 2.75) is 50.9 Å². The summed E-state index contributed by atoms with van der Waals surface area (Å²) in [6, 6.07) is 3.20. The maximum Gasteiger partial charge on any atom is 0.390 e. The molecule has 12 heteroatoms. The summed E-state index contributed by atoms with van der Waals surface area (Å²) in [4.78, 5) is 31.9. The number of carbonyl (C=O) groups is 1. The number of piperidine rings is 1. The summed E-state index contributed by atoms with van der Waals surface area (Å²) in [5, 5.41) is 8.61. The van der Waals surface area contributed by atoms with Crippen LogP contribution in [-0.2, 0) is 0 Å². The van der Waals surface area contributed by atoms with Crippen LogP contribution in [0.2, 0.25) is 0 Å². The molecule has 2 atom stereocenters. The molecule has 5 rings (SSSR count). The summed E-state index contributed by atoms with van der Waals surface area (Å²) in [6.07, 6.45) is 0.580. The zero-order chi connectivity index (χ0) is 23.3. The second-order valence-corrected chi connectivity index (χ2v) is 8.72.